The van der Waals surface area contributed by atoms with E-state index in [4.69, 9.17) is 28.4 Å². The van der Waals surface area contributed by atoms with Crippen LogP contribution in [0.1, 0.15) is 23.6 Å². The highest BCUT2D eigenvalue weighted by Crippen LogP contribution is 2.31. The number of azide groups is 1. The molecule has 0 unspecified atom stereocenters. The van der Waals surface area contributed by atoms with Crippen LogP contribution in [0.4, 0.5) is 0 Å². The Morgan fingerprint density at radius 2 is 1.32 bits per heavy atom. The molecule has 41 heavy (non-hydrogen) atoms. The first kappa shape index (κ1) is 30.2. The highest BCUT2D eigenvalue weighted by Gasteiger charge is 2.48. The summed E-state index contributed by atoms with van der Waals surface area (Å²) in [7, 11) is 0. The maximum absolute atomic E-state index is 12.2. The molecule has 1 saturated heterocycles. The molecule has 0 bridgehead atoms. The molecule has 5 atom stereocenters. The summed E-state index contributed by atoms with van der Waals surface area (Å²) in [6, 6.07) is 29.1. The monoisotopic (exact) mass is 561 g/mol. The molecule has 0 saturated carbocycles. The van der Waals surface area contributed by atoms with Gasteiger partial charge in [-0.05, 0) is 29.1 Å². The number of hydrogen-bond acceptors (Lipinski definition) is 8. The van der Waals surface area contributed by atoms with E-state index >= 15 is 0 Å². The van der Waals surface area contributed by atoms with Crippen LogP contribution in [0.2, 0.25) is 0 Å². The number of esters is 1. The molecule has 3 aromatic carbocycles. The van der Waals surface area contributed by atoms with Crippen LogP contribution in [-0.4, -0.2) is 56.4 Å². The third-order valence-electron chi connectivity index (χ3n) is 6.44. The summed E-state index contributed by atoms with van der Waals surface area (Å²) in [5.74, 6) is -0.552. The van der Waals surface area contributed by atoms with Gasteiger partial charge >= 0.3 is 5.97 Å². The van der Waals surface area contributed by atoms with E-state index in [1.807, 2.05) is 91.0 Å². The predicted octanol–water partition coefficient (Wildman–Crippen LogP) is 5.36. The molecule has 10 heteroatoms. The summed E-state index contributed by atoms with van der Waals surface area (Å²) in [6.07, 6.45) is -4.18. The lowest BCUT2D eigenvalue weighted by Gasteiger charge is -2.44. The summed E-state index contributed by atoms with van der Waals surface area (Å²) in [4.78, 5) is 15.2. The summed E-state index contributed by atoms with van der Waals surface area (Å²) in [5.41, 5.74) is 12.2. The molecule has 0 aliphatic carbocycles. The number of nitrogens with zero attached hydrogens (tertiary/aromatic N) is 3. The standard InChI is InChI=1S/C31H35N3O7/c1-2-37-27(35)22-40-30-29(39-20-25-16-10-5-11-17-25)28(38-19-24-14-8-4-9-15-24)26(41-31(30)33-34-32)21-36-18-23-12-6-3-7-13-23/h3-17,26,28-31H,2,18-22H2,1H3/t26-,28+,29+,30-,31+/m1/s1. The Morgan fingerprint density at radius 3 is 1.85 bits per heavy atom. The molecule has 0 amide bonds. The lowest BCUT2D eigenvalue weighted by molar-refractivity contribution is -0.269. The van der Waals surface area contributed by atoms with E-state index in [1.165, 1.54) is 0 Å². The minimum Gasteiger partial charge on any atom is -0.464 e. The van der Waals surface area contributed by atoms with Gasteiger partial charge in [0.25, 0.3) is 0 Å². The van der Waals surface area contributed by atoms with E-state index in [0.29, 0.717) is 6.61 Å². The van der Waals surface area contributed by atoms with Crippen LogP contribution in [0.3, 0.4) is 0 Å². The first-order valence-electron chi connectivity index (χ1n) is 13.6. The van der Waals surface area contributed by atoms with Crippen LogP contribution in [0.25, 0.3) is 10.4 Å². The molecule has 1 aliphatic heterocycles. The molecule has 0 aromatic heterocycles. The maximum Gasteiger partial charge on any atom is 0.332 e. The van der Waals surface area contributed by atoms with Crippen molar-refractivity contribution in [3.8, 4) is 0 Å². The molecule has 0 radical (unpaired) electrons. The lowest BCUT2D eigenvalue weighted by Crippen LogP contribution is -2.61. The third kappa shape index (κ3) is 9.40. The Hall–Kier alpha value is -3.76. The van der Waals surface area contributed by atoms with Crippen molar-refractivity contribution in [1.82, 2.24) is 0 Å². The van der Waals surface area contributed by atoms with Crippen molar-refractivity contribution >= 4 is 5.97 Å². The van der Waals surface area contributed by atoms with E-state index in [9.17, 15) is 10.3 Å². The summed E-state index contributed by atoms with van der Waals surface area (Å²) in [5, 5.41) is 3.85. The number of ether oxygens (including phenoxy) is 6. The Labute approximate surface area is 239 Å². The number of hydrogen-bond donors (Lipinski definition) is 0. The SMILES string of the molecule is CCOC(=O)CO[C@@H]1[C@@H](OCc2ccccc2)[C@@H](OCc2ccccc2)[C@@H](COCc2ccccc2)O[C@@H]1N=[N+]=[N-]. The predicted molar refractivity (Wildman–Crippen MR) is 150 cm³/mol. The second-order valence-electron chi connectivity index (χ2n) is 9.37. The Morgan fingerprint density at radius 1 is 0.780 bits per heavy atom. The minimum absolute atomic E-state index is 0.140. The molecule has 0 N–H and O–H groups in total. The van der Waals surface area contributed by atoms with Crippen LogP contribution in [0.5, 0.6) is 0 Å². The van der Waals surface area contributed by atoms with Crippen LogP contribution >= 0.6 is 0 Å². The molecule has 1 fully saturated rings. The Bertz CT molecular complexity index is 1230. The van der Waals surface area contributed by atoms with Gasteiger partial charge in [0.05, 0.1) is 33.0 Å². The molecule has 10 nitrogen and oxygen atoms in total. The van der Waals surface area contributed by atoms with E-state index in [-0.39, 0.29) is 33.0 Å². The normalized spacial score (nSPS) is 22.0. The Balaban J connectivity index is 1.60. The highest BCUT2D eigenvalue weighted by molar-refractivity contribution is 5.70. The first-order chi connectivity index (χ1) is 20.2. The van der Waals surface area contributed by atoms with E-state index in [2.05, 4.69) is 10.0 Å². The largest absolute Gasteiger partial charge is 0.464 e. The molecule has 4 rings (SSSR count). The Kier molecular flexibility index (Phi) is 12.1. The summed E-state index contributed by atoms with van der Waals surface area (Å²) in [6.45, 7) is 2.55. The fraction of sp³-hybridized carbons (Fsp3) is 0.387. The van der Waals surface area contributed by atoms with Gasteiger partial charge in [0, 0.05) is 4.91 Å². The number of rotatable bonds is 15. The molecular formula is C31H35N3O7. The molecule has 216 valence electrons. The number of benzene rings is 3. The van der Waals surface area contributed by atoms with Gasteiger partial charge in [-0.2, -0.15) is 0 Å². The average Bonchev–Trinajstić information content (AvgIpc) is 3.01. The van der Waals surface area contributed by atoms with Gasteiger partial charge in [-0.15, -0.1) is 0 Å². The van der Waals surface area contributed by atoms with Crippen molar-refractivity contribution in [1.29, 1.82) is 0 Å². The van der Waals surface area contributed by atoms with E-state index < -0.39 is 36.6 Å². The fourth-order valence-electron chi connectivity index (χ4n) is 4.51. The molecule has 1 heterocycles. The van der Waals surface area contributed by atoms with E-state index in [0.717, 1.165) is 16.7 Å². The van der Waals surface area contributed by atoms with Gasteiger partial charge in [-0.3, -0.25) is 0 Å². The van der Waals surface area contributed by atoms with Gasteiger partial charge in [0.2, 0.25) is 0 Å². The number of carbonyl (C=O) groups excluding carboxylic acids is 1. The van der Waals surface area contributed by atoms with Gasteiger partial charge in [-0.25, -0.2) is 4.79 Å². The minimum atomic E-state index is -1.10. The van der Waals surface area contributed by atoms with Crippen molar-refractivity contribution in [2.24, 2.45) is 5.11 Å². The van der Waals surface area contributed by atoms with Crippen LogP contribution in [0, 0.1) is 0 Å². The van der Waals surface area contributed by atoms with Gasteiger partial charge in [0.15, 0.2) is 6.23 Å². The van der Waals surface area contributed by atoms with Crippen molar-refractivity contribution in [2.45, 2.75) is 57.4 Å². The van der Waals surface area contributed by atoms with Crippen molar-refractivity contribution in [3.63, 3.8) is 0 Å². The van der Waals surface area contributed by atoms with Crippen LogP contribution in [0.15, 0.2) is 96.1 Å². The zero-order valence-electron chi connectivity index (χ0n) is 23.0. The summed E-state index contributed by atoms with van der Waals surface area (Å²) >= 11 is 0. The van der Waals surface area contributed by atoms with Crippen molar-refractivity contribution in [2.75, 3.05) is 19.8 Å². The van der Waals surface area contributed by atoms with E-state index in [1.54, 1.807) is 6.92 Å². The lowest BCUT2D eigenvalue weighted by atomic mass is 9.97. The maximum atomic E-state index is 12.2. The highest BCUT2D eigenvalue weighted by atomic mass is 16.6. The smallest absolute Gasteiger partial charge is 0.332 e. The van der Waals surface area contributed by atoms with Crippen LogP contribution < -0.4 is 0 Å². The topological polar surface area (TPSA) is 121 Å². The molecule has 0 spiro atoms. The average molecular weight is 562 g/mol. The summed E-state index contributed by atoms with van der Waals surface area (Å²) < 4.78 is 36.1. The fourth-order valence-corrected chi connectivity index (χ4v) is 4.51. The van der Waals surface area contributed by atoms with Gasteiger partial charge < -0.3 is 28.4 Å². The molecule has 3 aromatic rings. The molecule has 1 aliphatic rings. The second kappa shape index (κ2) is 16.5. The zero-order valence-corrected chi connectivity index (χ0v) is 23.0. The van der Waals surface area contributed by atoms with Crippen molar-refractivity contribution in [3.05, 3.63) is 118 Å². The number of carbonyl (C=O) groups is 1. The third-order valence-corrected chi connectivity index (χ3v) is 6.44. The van der Waals surface area contributed by atoms with Gasteiger partial charge in [-0.1, -0.05) is 96.1 Å². The van der Waals surface area contributed by atoms with Gasteiger partial charge in [0.1, 0.15) is 31.0 Å². The second-order valence-corrected chi connectivity index (χ2v) is 9.37. The van der Waals surface area contributed by atoms with Crippen molar-refractivity contribution < 1.29 is 33.2 Å². The molecular weight excluding hydrogens is 526 g/mol. The zero-order chi connectivity index (χ0) is 28.7. The quantitative estimate of drug-likeness (QED) is 0.106. The van der Waals surface area contributed by atoms with Crippen LogP contribution in [-0.2, 0) is 53.0 Å². The first-order valence-corrected chi connectivity index (χ1v) is 13.6.